The van der Waals surface area contributed by atoms with E-state index in [1.54, 1.807) is 30.3 Å². The molecule has 0 spiro atoms. The first kappa shape index (κ1) is 9.04. The minimum Gasteiger partial charge on any atom is -0.231 e. The van der Waals surface area contributed by atoms with Crippen molar-refractivity contribution in [3.05, 3.63) is 35.9 Å². The lowest BCUT2D eigenvalue weighted by molar-refractivity contribution is 0.106. The van der Waals surface area contributed by atoms with Gasteiger partial charge in [0.05, 0.1) is 12.7 Å². The van der Waals surface area contributed by atoms with Gasteiger partial charge in [-0.05, 0) is 16.7 Å². The quantitative estimate of drug-likeness (QED) is 0.674. The van der Waals surface area contributed by atoms with Crippen molar-refractivity contribution in [3.8, 4) is 0 Å². The Hall–Kier alpha value is -1.05. The van der Waals surface area contributed by atoms with Crippen LogP contribution in [0.1, 0.15) is 10.4 Å². The van der Waals surface area contributed by atoms with Gasteiger partial charge < -0.3 is 0 Å². The van der Waals surface area contributed by atoms with Gasteiger partial charge in [-0.25, -0.2) is 4.79 Å². The van der Waals surface area contributed by atoms with Crippen molar-refractivity contribution in [2.45, 2.75) is 0 Å². The van der Waals surface area contributed by atoms with E-state index < -0.39 is 13.6 Å². The van der Waals surface area contributed by atoms with Gasteiger partial charge in [0.25, 0.3) is 0 Å². The van der Waals surface area contributed by atoms with Crippen LogP contribution in [0.2, 0.25) is 0 Å². The smallest absolute Gasteiger partial charge is 0.231 e. The number of rotatable bonds is 3. The molecule has 0 aliphatic heterocycles. The summed E-state index contributed by atoms with van der Waals surface area (Å²) < 4.78 is 15.3. The molecule has 0 N–H and O–H groups in total. The molecule has 0 amide bonds. The molecule has 0 fully saturated rings. The van der Waals surface area contributed by atoms with E-state index in [1.165, 1.54) is 7.11 Å². The Bertz CT molecular complexity index is 294. The average molecular weight is 183 g/mol. The average Bonchev–Trinajstić information content (AvgIpc) is 2.17. The molecule has 0 aromatic heterocycles. The molecule has 0 saturated carbocycles. The standard InChI is InChI=1S/C8H8O3P/c1-11-12(10)8(9)7-5-3-2-4-6-7/h2-6H,1H3/q+1. The lowest BCUT2D eigenvalue weighted by Gasteiger charge is -1.86. The second kappa shape index (κ2) is 4.10. The summed E-state index contributed by atoms with van der Waals surface area (Å²) in [6.45, 7) is 0. The fraction of sp³-hybridized carbons (Fsp3) is 0.125. The van der Waals surface area contributed by atoms with Gasteiger partial charge in [0, 0.05) is 0 Å². The van der Waals surface area contributed by atoms with Gasteiger partial charge in [-0.3, -0.25) is 0 Å². The van der Waals surface area contributed by atoms with Crippen molar-refractivity contribution in [1.29, 1.82) is 0 Å². The summed E-state index contributed by atoms with van der Waals surface area (Å²) in [4.78, 5) is 11.2. The topological polar surface area (TPSA) is 43.4 Å². The minimum atomic E-state index is -2.20. The van der Waals surface area contributed by atoms with Gasteiger partial charge in [0.2, 0.25) is 0 Å². The summed E-state index contributed by atoms with van der Waals surface area (Å²) in [5.74, 6) is 0. The first-order valence-corrected chi connectivity index (χ1v) is 4.54. The summed E-state index contributed by atoms with van der Waals surface area (Å²) in [7, 11) is -0.955. The third-order valence-electron chi connectivity index (χ3n) is 1.35. The lowest BCUT2D eigenvalue weighted by atomic mass is 10.2. The van der Waals surface area contributed by atoms with Crippen molar-refractivity contribution >= 4 is 13.6 Å². The van der Waals surface area contributed by atoms with E-state index >= 15 is 0 Å². The van der Waals surface area contributed by atoms with E-state index in [4.69, 9.17) is 0 Å². The first-order chi connectivity index (χ1) is 5.75. The molecule has 0 bridgehead atoms. The molecule has 3 nitrogen and oxygen atoms in total. The third-order valence-corrected chi connectivity index (χ3v) is 2.27. The first-order valence-electron chi connectivity index (χ1n) is 3.36. The second-order valence-electron chi connectivity index (χ2n) is 2.11. The van der Waals surface area contributed by atoms with Crippen LogP contribution in [0.25, 0.3) is 0 Å². The van der Waals surface area contributed by atoms with Crippen LogP contribution in [0.3, 0.4) is 0 Å². The highest BCUT2D eigenvalue weighted by molar-refractivity contribution is 7.60. The zero-order valence-electron chi connectivity index (χ0n) is 6.56. The molecule has 1 rings (SSSR count). The van der Waals surface area contributed by atoms with Gasteiger partial charge >= 0.3 is 13.6 Å². The molecule has 1 atom stereocenters. The Morgan fingerprint density at radius 1 is 1.33 bits per heavy atom. The highest BCUT2D eigenvalue weighted by Crippen LogP contribution is 2.26. The van der Waals surface area contributed by atoms with Crippen molar-refractivity contribution in [2.24, 2.45) is 0 Å². The molecular weight excluding hydrogens is 175 g/mol. The molecule has 0 aliphatic carbocycles. The molecule has 1 aromatic carbocycles. The fourth-order valence-electron chi connectivity index (χ4n) is 0.769. The zero-order valence-corrected chi connectivity index (χ0v) is 7.45. The molecular formula is C8H8O3P+. The third kappa shape index (κ3) is 1.97. The number of benzene rings is 1. The van der Waals surface area contributed by atoms with Gasteiger partial charge in [-0.2, -0.15) is 0 Å². The Morgan fingerprint density at radius 3 is 2.42 bits per heavy atom. The van der Waals surface area contributed by atoms with E-state index in [1.807, 2.05) is 0 Å². The SMILES string of the molecule is CO[P+](=O)C(=O)c1ccccc1. The van der Waals surface area contributed by atoms with Gasteiger partial charge in [0.15, 0.2) is 0 Å². The summed E-state index contributed by atoms with van der Waals surface area (Å²) in [5.41, 5.74) is -0.0476. The van der Waals surface area contributed by atoms with E-state index in [0.29, 0.717) is 5.56 Å². The second-order valence-corrected chi connectivity index (χ2v) is 3.40. The molecule has 0 aliphatic rings. The normalized spacial score (nSPS) is 10.9. The molecule has 4 heteroatoms. The number of carbonyl (C=O) groups excluding carboxylic acids is 1. The van der Waals surface area contributed by atoms with Crippen LogP contribution < -0.4 is 0 Å². The van der Waals surface area contributed by atoms with Crippen LogP contribution in [-0.4, -0.2) is 12.6 Å². The maximum Gasteiger partial charge on any atom is 0.592 e. The predicted octanol–water partition coefficient (Wildman–Crippen LogP) is 2.22. The molecule has 62 valence electrons. The van der Waals surface area contributed by atoms with Gasteiger partial charge in [0.1, 0.15) is 0 Å². The molecule has 0 radical (unpaired) electrons. The summed E-state index contributed by atoms with van der Waals surface area (Å²) in [6.07, 6.45) is 0. The highest BCUT2D eigenvalue weighted by Gasteiger charge is 2.30. The Labute approximate surface area is 71.2 Å². The summed E-state index contributed by atoms with van der Waals surface area (Å²) >= 11 is 0. The van der Waals surface area contributed by atoms with E-state index in [0.717, 1.165) is 0 Å². The molecule has 1 aromatic rings. The largest absolute Gasteiger partial charge is 0.592 e. The van der Waals surface area contributed by atoms with Crippen molar-refractivity contribution in [3.63, 3.8) is 0 Å². The lowest BCUT2D eigenvalue weighted by Crippen LogP contribution is -1.92. The van der Waals surface area contributed by atoms with E-state index in [9.17, 15) is 9.36 Å². The Balaban J connectivity index is 2.86. The Kier molecular flexibility index (Phi) is 3.09. The van der Waals surface area contributed by atoms with Crippen LogP contribution in [-0.2, 0) is 9.09 Å². The van der Waals surface area contributed by atoms with E-state index in [-0.39, 0.29) is 0 Å². The summed E-state index contributed by atoms with van der Waals surface area (Å²) in [6, 6.07) is 8.43. The monoisotopic (exact) mass is 183 g/mol. The fourth-order valence-corrected chi connectivity index (χ4v) is 1.29. The van der Waals surface area contributed by atoms with E-state index in [2.05, 4.69) is 4.52 Å². The van der Waals surface area contributed by atoms with Crippen LogP contribution in [0.15, 0.2) is 30.3 Å². The number of hydrogen-bond acceptors (Lipinski definition) is 3. The predicted molar refractivity (Wildman–Crippen MR) is 45.4 cm³/mol. The zero-order chi connectivity index (χ0) is 8.97. The number of hydrogen-bond donors (Lipinski definition) is 0. The maximum absolute atomic E-state index is 11.2. The molecule has 0 saturated heterocycles. The molecule has 0 heterocycles. The Morgan fingerprint density at radius 2 is 1.92 bits per heavy atom. The highest BCUT2D eigenvalue weighted by atomic mass is 31.1. The molecule has 1 unspecified atom stereocenters. The summed E-state index contributed by atoms with van der Waals surface area (Å²) in [5, 5.41) is 0. The van der Waals surface area contributed by atoms with Gasteiger partial charge in [-0.1, -0.05) is 18.2 Å². The van der Waals surface area contributed by atoms with Crippen molar-refractivity contribution in [2.75, 3.05) is 7.11 Å². The maximum atomic E-state index is 11.2. The van der Waals surface area contributed by atoms with Crippen LogP contribution in [0.4, 0.5) is 0 Å². The van der Waals surface area contributed by atoms with Crippen LogP contribution in [0, 0.1) is 0 Å². The van der Waals surface area contributed by atoms with Gasteiger partial charge in [-0.15, -0.1) is 4.52 Å². The van der Waals surface area contributed by atoms with Crippen molar-refractivity contribution < 1.29 is 13.9 Å². The van der Waals surface area contributed by atoms with Crippen molar-refractivity contribution in [1.82, 2.24) is 0 Å². The van der Waals surface area contributed by atoms with Crippen LogP contribution >= 0.6 is 8.03 Å². The molecule has 12 heavy (non-hydrogen) atoms. The number of carbonyl (C=O) groups is 1. The minimum absolute atomic E-state index is 0.417. The van der Waals surface area contributed by atoms with Crippen LogP contribution in [0.5, 0.6) is 0 Å².